The number of carbonyl (C=O) groups excluding carboxylic acids is 2. The van der Waals surface area contributed by atoms with E-state index in [0.717, 1.165) is 11.1 Å². The molecule has 5 heteroatoms. The minimum absolute atomic E-state index is 0.122. The van der Waals surface area contributed by atoms with Gasteiger partial charge in [-0.2, -0.15) is 0 Å². The Balaban J connectivity index is 0.000000941. The van der Waals surface area contributed by atoms with Crippen LogP contribution in [-0.4, -0.2) is 18.6 Å². The molecule has 3 aromatic carbocycles. The van der Waals surface area contributed by atoms with Crippen LogP contribution in [0.1, 0.15) is 40.7 Å². The van der Waals surface area contributed by atoms with Crippen molar-refractivity contribution in [2.75, 3.05) is 0 Å². The highest BCUT2D eigenvalue weighted by molar-refractivity contribution is 6.00. The summed E-state index contributed by atoms with van der Waals surface area (Å²) in [7, 11) is 0. The quantitative estimate of drug-likeness (QED) is 0.226. The fraction of sp³-hybridized carbons (Fsp3) is 0.125. The smallest absolute Gasteiger partial charge is 0.323 e. The number of hydrogen-bond acceptors (Lipinski definition) is 4. The number of nitrogens with two attached hydrogens (primary N) is 1. The molecule has 0 fully saturated rings. The number of nitrogens with zero attached hydrogens (tertiary/aromatic N) is 1. The van der Waals surface area contributed by atoms with Crippen molar-refractivity contribution < 1.29 is 14.4 Å². The lowest BCUT2D eigenvalue weighted by Crippen LogP contribution is -2.06. The average molecular weight is 388 g/mol. The molecule has 0 aliphatic rings. The number of carbonyl (C=O) groups is 2. The molecule has 3 aromatic rings. The molecular weight excluding hydrogens is 364 g/mol. The topological polar surface area (TPSA) is 81.8 Å². The Bertz CT molecular complexity index is 915. The zero-order chi connectivity index (χ0) is 21.1. The molecule has 0 radical (unpaired) electrons. The molecule has 0 aromatic heterocycles. The standard InChI is InChI=1S/C23H21NO2.CH3NO/c1-17-13-14-21(15-22(17)18(2)24-26-16-25)23(19-9-5-3-6-10-19)20-11-7-4-8-12-20;2-1-3/h3-16,23H,1-2H3;1H,(H2,2,3)/b24-18-;. The van der Waals surface area contributed by atoms with Crippen molar-refractivity contribution in [1.29, 1.82) is 0 Å². The SMILES string of the molecule is C/C(=N/OC=O)c1cc(C(c2ccccc2)c2ccccc2)ccc1C.NC=O. The van der Waals surface area contributed by atoms with Crippen LogP contribution in [0, 0.1) is 6.92 Å². The van der Waals surface area contributed by atoms with Gasteiger partial charge in [0.15, 0.2) is 0 Å². The molecule has 0 unspecified atom stereocenters. The first-order valence-electron chi connectivity index (χ1n) is 9.12. The Morgan fingerprint density at radius 3 is 1.90 bits per heavy atom. The lowest BCUT2D eigenvalue weighted by atomic mass is 9.83. The number of aryl methyl sites for hydroxylation is 1. The van der Waals surface area contributed by atoms with Gasteiger partial charge >= 0.3 is 6.47 Å². The summed E-state index contributed by atoms with van der Waals surface area (Å²) < 4.78 is 0. The fourth-order valence-electron chi connectivity index (χ4n) is 3.23. The van der Waals surface area contributed by atoms with Gasteiger partial charge in [-0.3, -0.25) is 9.59 Å². The summed E-state index contributed by atoms with van der Waals surface area (Å²) >= 11 is 0. The van der Waals surface area contributed by atoms with Crippen LogP contribution in [0.15, 0.2) is 84.0 Å². The number of benzene rings is 3. The summed E-state index contributed by atoms with van der Waals surface area (Å²) in [4.78, 5) is 23.6. The molecule has 0 saturated heterocycles. The second-order valence-corrected chi connectivity index (χ2v) is 6.34. The molecule has 0 saturated carbocycles. The van der Waals surface area contributed by atoms with E-state index < -0.39 is 0 Å². The first kappa shape index (κ1) is 21.6. The van der Waals surface area contributed by atoms with Crippen molar-refractivity contribution >= 4 is 18.6 Å². The summed E-state index contributed by atoms with van der Waals surface area (Å²) in [5.74, 6) is 0.122. The number of rotatable bonds is 6. The van der Waals surface area contributed by atoms with E-state index in [2.05, 4.69) is 82.5 Å². The maximum atomic E-state index is 10.4. The molecule has 1 amide bonds. The van der Waals surface area contributed by atoms with Crippen molar-refractivity contribution in [3.05, 3.63) is 107 Å². The minimum Gasteiger partial charge on any atom is -0.372 e. The summed E-state index contributed by atoms with van der Waals surface area (Å²) in [6, 6.07) is 27.3. The minimum atomic E-state index is 0.122. The van der Waals surface area contributed by atoms with Gasteiger partial charge in [-0.25, -0.2) is 0 Å². The Morgan fingerprint density at radius 2 is 1.41 bits per heavy atom. The molecule has 0 spiro atoms. The van der Waals surface area contributed by atoms with Gasteiger partial charge in [0.05, 0.1) is 5.71 Å². The van der Waals surface area contributed by atoms with Crippen LogP contribution in [0.5, 0.6) is 0 Å². The predicted molar refractivity (Wildman–Crippen MR) is 115 cm³/mol. The summed E-state index contributed by atoms with van der Waals surface area (Å²) in [5, 5.41) is 3.87. The Hall–Kier alpha value is -3.73. The van der Waals surface area contributed by atoms with Gasteiger partial charge in [0.1, 0.15) is 0 Å². The Kier molecular flexibility index (Phi) is 8.32. The molecule has 0 aliphatic heterocycles. The summed E-state index contributed by atoms with van der Waals surface area (Å²) in [5.41, 5.74) is 10.5. The third-order valence-corrected chi connectivity index (χ3v) is 4.48. The van der Waals surface area contributed by atoms with Crippen molar-refractivity contribution in [2.24, 2.45) is 10.9 Å². The van der Waals surface area contributed by atoms with Crippen LogP contribution in [0.25, 0.3) is 0 Å². The highest BCUT2D eigenvalue weighted by Crippen LogP contribution is 2.32. The van der Waals surface area contributed by atoms with Crippen molar-refractivity contribution in [3.63, 3.8) is 0 Å². The van der Waals surface area contributed by atoms with E-state index in [1.807, 2.05) is 26.0 Å². The number of primary amides is 1. The van der Waals surface area contributed by atoms with Crippen LogP contribution in [0.4, 0.5) is 0 Å². The van der Waals surface area contributed by atoms with E-state index in [1.54, 1.807) is 0 Å². The van der Waals surface area contributed by atoms with E-state index in [4.69, 9.17) is 4.79 Å². The summed E-state index contributed by atoms with van der Waals surface area (Å²) in [6.07, 6.45) is 0.250. The zero-order valence-corrected chi connectivity index (χ0v) is 16.5. The van der Waals surface area contributed by atoms with E-state index >= 15 is 0 Å². The normalized spacial score (nSPS) is 10.7. The van der Waals surface area contributed by atoms with E-state index in [1.165, 1.54) is 16.7 Å². The molecule has 3 rings (SSSR count). The van der Waals surface area contributed by atoms with E-state index in [-0.39, 0.29) is 12.3 Å². The third-order valence-electron chi connectivity index (χ3n) is 4.48. The third kappa shape index (κ3) is 5.87. The van der Waals surface area contributed by atoms with Gasteiger partial charge in [0, 0.05) is 11.5 Å². The number of amides is 1. The molecule has 0 aliphatic carbocycles. The molecule has 148 valence electrons. The Morgan fingerprint density at radius 1 is 0.897 bits per heavy atom. The monoisotopic (exact) mass is 388 g/mol. The van der Waals surface area contributed by atoms with Gasteiger partial charge in [-0.1, -0.05) is 78.0 Å². The molecule has 5 nitrogen and oxygen atoms in total. The number of hydrogen-bond donors (Lipinski definition) is 1. The van der Waals surface area contributed by atoms with E-state index in [0.29, 0.717) is 12.2 Å². The molecule has 2 N–H and O–H groups in total. The van der Waals surface area contributed by atoms with Gasteiger partial charge in [-0.05, 0) is 42.2 Å². The largest absolute Gasteiger partial charge is 0.372 e. The molecule has 0 atom stereocenters. The molecule has 29 heavy (non-hydrogen) atoms. The highest BCUT2D eigenvalue weighted by Gasteiger charge is 2.18. The maximum Gasteiger partial charge on any atom is 0.323 e. The van der Waals surface area contributed by atoms with Crippen LogP contribution in [0.3, 0.4) is 0 Å². The molecular formula is C24H24N2O3. The van der Waals surface area contributed by atoms with Crippen molar-refractivity contribution in [1.82, 2.24) is 0 Å². The lowest BCUT2D eigenvalue weighted by molar-refractivity contribution is -0.128. The second-order valence-electron chi connectivity index (χ2n) is 6.34. The zero-order valence-electron chi connectivity index (χ0n) is 16.5. The molecule has 0 bridgehead atoms. The average Bonchev–Trinajstić information content (AvgIpc) is 2.75. The second kappa shape index (κ2) is 11.2. The van der Waals surface area contributed by atoms with Gasteiger partial charge < -0.3 is 10.6 Å². The van der Waals surface area contributed by atoms with E-state index in [9.17, 15) is 4.79 Å². The van der Waals surface area contributed by atoms with Crippen LogP contribution in [0.2, 0.25) is 0 Å². The predicted octanol–water partition coefficient (Wildman–Crippen LogP) is 4.17. The lowest BCUT2D eigenvalue weighted by Gasteiger charge is -2.20. The van der Waals surface area contributed by atoms with Gasteiger partial charge in [0.25, 0.3) is 0 Å². The summed E-state index contributed by atoms with van der Waals surface area (Å²) in [6.45, 7) is 4.20. The van der Waals surface area contributed by atoms with Crippen molar-refractivity contribution in [2.45, 2.75) is 19.8 Å². The first-order chi connectivity index (χ1) is 14.1. The number of oxime groups is 1. The van der Waals surface area contributed by atoms with Crippen molar-refractivity contribution in [3.8, 4) is 0 Å². The van der Waals surface area contributed by atoms with Crippen LogP contribution < -0.4 is 5.73 Å². The van der Waals surface area contributed by atoms with Gasteiger partial charge in [0.2, 0.25) is 6.41 Å². The Labute approximate surface area is 170 Å². The highest BCUT2D eigenvalue weighted by atomic mass is 16.7. The van der Waals surface area contributed by atoms with Crippen LogP contribution in [-0.2, 0) is 14.4 Å². The first-order valence-corrected chi connectivity index (χ1v) is 9.12. The fourth-order valence-corrected chi connectivity index (χ4v) is 3.23. The van der Waals surface area contributed by atoms with Gasteiger partial charge in [-0.15, -0.1) is 0 Å². The van der Waals surface area contributed by atoms with Crippen LogP contribution >= 0.6 is 0 Å². The maximum absolute atomic E-state index is 10.4. The molecule has 0 heterocycles.